The molecule has 0 spiro atoms. The highest BCUT2D eigenvalue weighted by atomic mass is 19.4. The van der Waals surface area contributed by atoms with Crippen LogP contribution in [0.1, 0.15) is 17.5 Å². The van der Waals surface area contributed by atoms with E-state index in [0.29, 0.717) is 6.07 Å². The topological polar surface area (TPSA) is 43.1 Å². The zero-order valence-corrected chi connectivity index (χ0v) is 8.62. The average molecular weight is 243 g/mol. The number of rotatable bonds is 3. The Kier molecular flexibility index (Phi) is 3.73. The van der Waals surface area contributed by atoms with Crippen molar-refractivity contribution in [3.05, 3.63) is 39.4 Å². The van der Waals surface area contributed by atoms with E-state index in [1.165, 1.54) is 0 Å². The molecule has 1 aromatic rings. The Labute approximate surface area is 95.4 Å². The first kappa shape index (κ1) is 13.0. The maximum absolute atomic E-state index is 12.5. The van der Waals surface area contributed by atoms with Gasteiger partial charge in [0, 0.05) is 18.6 Å². The Morgan fingerprint density at radius 1 is 1.35 bits per heavy atom. The van der Waals surface area contributed by atoms with Gasteiger partial charge in [-0.2, -0.15) is 13.2 Å². The molecule has 0 saturated carbocycles. The number of nitro benzene ring substituents is 1. The predicted octanol–water partition coefficient (Wildman–Crippen LogP) is 3.18. The molecule has 0 unspecified atom stereocenters. The summed E-state index contributed by atoms with van der Waals surface area (Å²) in [6.45, 7) is 0. The minimum atomic E-state index is -4.60. The summed E-state index contributed by atoms with van der Waals surface area (Å²) in [6.07, 6.45) is 0.808. The number of nitrogens with zero attached hydrogens (tertiary/aromatic N) is 1. The standard InChI is InChI=1S/C11H8F3NO2/c1-2-3-4-8-5-9(11(12,13)14)7-10(6-8)15(16)17/h1,5-7H,3-4H2. The molecule has 1 rings (SSSR count). The number of nitro groups is 1. The van der Waals surface area contributed by atoms with Crippen molar-refractivity contribution < 1.29 is 18.1 Å². The lowest BCUT2D eigenvalue weighted by atomic mass is 10.0. The Bertz CT molecular complexity index is 475. The normalized spacial score (nSPS) is 10.9. The third-order valence-corrected chi connectivity index (χ3v) is 2.07. The second kappa shape index (κ2) is 4.87. The van der Waals surface area contributed by atoms with Crippen LogP contribution in [-0.2, 0) is 12.6 Å². The summed E-state index contributed by atoms with van der Waals surface area (Å²) in [5.74, 6) is 2.27. The van der Waals surface area contributed by atoms with E-state index in [0.717, 1.165) is 12.1 Å². The van der Waals surface area contributed by atoms with Crippen molar-refractivity contribution in [1.29, 1.82) is 0 Å². The van der Waals surface area contributed by atoms with Crippen LogP contribution in [0.15, 0.2) is 18.2 Å². The van der Waals surface area contributed by atoms with Crippen molar-refractivity contribution >= 4 is 5.69 Å². The molecule has 17 heavy (non-hydrogen) atoms. The summed E-state index contributed by atoms with van der Waals surface area (Å²) in [4.78, 5) is 9.65. The summed E-state index contributed by atoms with van der Waals surface area (Å²) >= 11 is 0. The van der Waals surface area contributed by atoms with Gasteiger partial charge >= 0.3 is 6.18 Å². The molecule has 3 nitrogen and oxygen atoms in total. The van der Waals surface area contributed by atoms with Crippen LogP contribution < -0.4 is 0 Å². The van der Waals surface area contributed by atoms with E-state index >= 15 is 0 Å². The molecule has 0 heterocycles. The molecule has 90 valence electrons. The maximum Gasteiger partial charge on any atom is 0.416 e. The van der Waals surface area contributed by atoms with Gasteiger partial charge in [-0.15, -0.1) is 12.3 Å². The van der Waals surface area contributed by atoms with E-state index in [9.17, 15) is 23.3 Å². The molecule has 1 aromatic carbocycles. The fourth-order valence-corrected chi connectivity index (χ4v) is 1.30. The SMILES string of the molecule is C#CCCc1cc([N+](=O)[O-])cc(C(F)(F)F)c1. The first-order valence-electron chi connectivity index (χ1n) is 4.63. The fourth-order valence-electron chi connectivity index (χ4n) is 1.30. The van der Waals surface area contributed by atoms with Crippen LogP contribution in [0.2, 0.25) is 0 Å². The molecule has 0 N–H and O–H groups in total. The number of hydrogen-bond acceptors (Lipinski definition) is 2. The Hall–Kier alpha value is -2.03. The number of hydrogen-bond donors (Lipinski definition) is 0. The van der Waals surface area contributed by atoms with E-state index in [1.807, 2.05) is 0 Å². The summed E-state index contributed by atoms with van der Waals surface area (Å²) < 4.78 is 37.4. The second-order valence-corrected chi connectivity index (χ2v) is 3.35. The van der Waals surface area contributed by atoms with E-state index in [4.69, 9.17) is 6.42 Å². The minimum Gasteiger partial charge on any atom is -0.258 e. The highest BCUT2D eigenvalue weighted by Crippen LogP contribution is 2.32. The fraction of sp³-hybridized carbons (Fsp3) is 0.273. The maximum atomic E-state index is 12.5. The van der Waals surface area contributed by atoms with Crippen molar-refractivity contribution in [3.63, 3.8) is 0 Å². The average Bonchev–Trinajstić information content (AvgIpc) is 2.24. The molecule has 0 atom stereocenters. The third kappa shape index (κ3) is 3.48. The molecule has 0 amide bonds. The summed E-state index contributed by atoms with van der Waals surface area (Å²) in [6, 6.07) is 2.50. The van der Waals surface area contributed by atoms with Crippen molar-refractivity contribution in [2.45, 2.75) is 19.0 Å². The van der Waals surface area contributed by atoms with Crippen LogP contribution in [0.5, 0.6) is 0 Å². The first-order valence-corrected chi connectivity index (χ1v) is 4.63. The van der Waals surface area contributed by atoms with Gasteiger partial charge in [-0.3, -0.25) is 10.1 Å². The van der Waals surface area contributed by atoms with E-state index < -0.39 is 22.4 Å². The van der Waals surface area contributed by atoms with Crippen molar-refractivity contribution in [2.24, 2.45) is 0 Å². The van der Waals surface area contributed by atoms with Gasteiger partial charge in [-0.1, -0.05) is 0 Å². The molecular formula is C11H8F3NO2. The van der Waals surface area contributed by atoms with Crippen molar-refractivity contribution in [1.82, 2.24) is 0 Å². The van der Waals surface area contributed by atoms with Crippen LogP contribution in [0.25, 0.3) is 0 Å². The van der Waals surface area contributed by atoms with E-state index in [-0.39, 0.29) is 18.4 Å². The Morgan fingerprint density at radius 2 is 2.00 bits per heavy atom. The highest BCUT2D eigenvalue weighted by molar-refractivity contribution is 5.40. The van der Waals surface area contributed by atoms with Crippen LogP contribution in [-0.4, -0.2) is 4.92 Å². The van der Waals surface area contributed by atoms with Crippen LogP contribution in [0, 0.1) is 22.5 Å². The van der Waals surface area contributed by atoms with Crippen molar-refractivity contribution in [2.75, 3.05) is 0 Å². The predicted molar refractivity (Wildman–Crippen MR) is 55.3 cm³/mol. The van der Waals surface area contributed by atoms with E-state index in [1.54, 1.807) is 0 Å². The molecule has 6 heteroatoms. The number of halogens is 3. The summed E-state index contributed by atoms with van der Waals surface area (Å²) in [5, 5.41) is 10.5. The number of non-ortho nitro benzene ring substituents is 1. The van der Waals surface area contributed by atoms with Gasteiger partial charge in [0.2, 0.25) is 0 Å². The van der Waals surface area contributed by atoms with Gasteiger partial charge in [-0.05, 0) is 18.1 Å². The molecule has 0 fully saturated rings. The molecular weight excluding hydrogens is 235 g/mol. The highest BCUT2D eigenvalue weighted by Gasteiger charge is 2.32. The molecule has 0 radical (unpaired) electrons. The molecule has 0 aliphatic rings. The zero-order valence-electron chi connectivity index (χ0n) is 8.62. The smallest absolute Gasteiger partial charge is 0.258 e. The zero-order chi connectivity index (χ0) is 13.1. The summed E-state index contributed by atoms with van der Waals surface area (Å²) in [5.41, 5.74) is -1.39. The lowest BCUT2D eigenvalue weighted by molar-refractivity contribution is -0.385. The molecule has 0 aliphatic heterocycles. The molecule has 0 aromatic heterocycles. The molecule has 0 aliphatic carbocycles. The largest absolute Gasteiger partial charge is 0.416 e. The van der Waals surface area contributed by atoms with Gasteiger partial charge in [-0.25, -0.2) is 0 Å². The number of aryl methyl sites for hydroxylation is 1. The van der Waals surface area contributed by atoms with Gasteiger partial charge in [0.25, 0.3) is 5.69 Å². The number of alkyl halides is 3. The minimum absolute atomic E-state index is 0.182. The van der Waals surface area contributed by atoms with Crippen LogP contribution in [0.3, 0.4) is 0 Å². The third-order valence-electron chi connectivity index (χ3n) is 2.07. The molecule has 0 saturated heterocycles. The molecule has 0 bridgehead atoms. The van der Waals surface area contributed by atoms with Gasteiger partial charge in [0.05, 0.1) is 10.5 Å². The van der Waals surface area contributed by atoms with Gasteiger partial charge in [0.1, 0.15) is 0 Å². The quantitative estimate of drug-likeness (QED) is 0.465. The van der Waals surface area contributed by atoms with Crippen LogP contribution >= 0.6 is 0 Å². The van der Waals surface area contributed by atoms with Gasteiger partial charge in [0.15, 0.2) is 0 Å². The summed E-state index contributed by atoms with van der Waals surface area (Å²) in [7, 11) is 0. The second-order valence-electron chi connectivity index (χ2n) is 3.35. The Balaban J connectivity index is 3.20. The number of terminal acetylenes is 1. The Morgan fingerprint density at radius 3 is 2.47 bits per heavy atom. The van der Waals surface area contributed by atoms with Crippen molar-refractivity contribution in [3.8, 4) is 12.3 Å². The van der Waals surface area contributed by atoms with Crippen LogP contribution in [0.4, 0.5) is 18.9 Å². The van der Waals surface area contributed by atoms with E-state index in [2.05, 4.69) is 5.92 Å². The lowest BCUT2D eigenvalue weighted by Gasteiger charge is -2.08. The first-order chi connectivity index (χ1) is 7.84. The van der Waals surface area contributed by atoms with Gasteiger partial charge < -0.3 is 0 Å². The monoisotopic (exact) mass is 243 g/mol. The lowest BCUT2D eigenvalue weighted by Crippen LogP contribution is -2.06. The number of benzene rings is 1.